The summed E-state index contributed by atoms with van der Waals surface area (Å²) in [6, 6.07) is 20.4. The summed E-state index contributed by atoms with van der Waals surface area (Å²) in [5.41, 5.74) is 1.99. The third-order valence-electron chi connectivity index (χ3n) is 3.73. The molecule has 3 aromatic rings. The Bertz CT molecular complexity index is 903. The fraction of sp³-hybridized carbons (Fsp3) is 0.150. The maximum absolute atomic E-state index is 13.2. The molecule has 0 aliphatic rings. The van der Waals surface area contributed by atoms with Crippen LogP contribution < -0.4 is 10.5 Å². The number of para-hydroxylation sites is 2. The summed E-state index contributed by atoms with van der Waals surface area (Å²) in [7, 11) is 0. The van der Waals surface area contributed by atoms with Crippen molar-refractivity contribution < 1.29 is 4.79 Å². The first-order valence-electron chi connectivity index (χ1n) is 8.23. The number of nitrogens with one attached hydrogen (secondary N) is 1. The number of rotatable bonds is 5. The van der Waals surface area contributed by atoms with Crippen molar-refractivity contribution in [2.45, 2.75) is 24.3 Å². The summed E-state index contributed by atoms with van der Waals surface area (Å²) >= 11 is 1.24. The second kappa shape index (κ2) is 8.01. The number of anilines is 2. The van der Waals surface area contributed by atoms with Gasteiger partial charge >= 0.3 is 0 Å². The quantitative estimate of drug-likeness (QED) is 0.550. The SMILES string of the molecule is Cc1cc(=O)[nH]c(S[C@H](C)C(=O)N(c2ccccc2)c2ccccc2)n1. The number of aryl methyl sites for hydroxylation is 1. The Hall–Kier alpha value is -2.86. The number of amides is 1. The third kappa shape index (κ3) is 4.21. The van der Waals surface area contributed by atoms with E-state index in [1.807, 2.05) is 67.6 Å². The first kappa shape index (κ1) is 17.9. The minimum absolute atomic E-state index is 0.0865. The van der Waals surface area contributed by atoms with Crippen molar-refractivity contribution >= 4 is 29.0 Å². The Kier molecular flexibility index (Phi) is 5.53. The minimum atomic E-state index is -0.430. The molecule has 0 aliphatic carbocycles. The molecule has 26 heavy (non-hydrogen) atoms. The highest BCUT2D eigenvalue weighted by Gasteiger charge is 2.25. The van der Waals surface area contributed by atoms with Gasteiger partial charge in [-0.3, -0.25) is 14.5 Å². The number of hydrogen-bond donors (Lipinski definition) is 1. The van der Waals surface area contributed by atoms with Gasteiger partial charge in [0.15, 0.2) is 5.16 Å². The molecule has 0 bridgehead atoms. The summed E-state index contributed by atoms with van der Waals surface area (Å²) < 4.78 is 0. The standard InChI is InChI=1S/C20H19N3O2S/c1-14-13-18(24)22-20(21-14)26-15(2)19(25)23(16-9-5-3-6-10-16)17-11-7-4-8-12-17/h3-13,15H,1-2H3,(H,21,22,24)/t15-/m1/s1. The van der Waals surface area contributed by atoms with E-state index in [9.17, 15) is 9.59 Å². The van der Waals surface area contributed by atoms with Gasteiger partial charge < -0.3 is 4.98 Å². The number of nitrogens with zero attached hydrogens (tertiary/aromatic N) is 2. The highest BCUT2D eigenvalue weighted by atomic mass is 32.2. The van der Waals surface area contributed by atoms with Crippen LogP contribution in [0.25, 0.3) is 0 Å². The van der Waals surface area contributed by atoms with E-state index in [1.165, 1.54) is 17.8 Å². The molecule has 132 valence electrons. The average Bonchev–Trinajstić information content (AvgIpc) is 2.63. The van der Waals surface area contributed by atoms with Gasteiger partial charge in [0, 0.05) is 23.1 Å². The lowest BCUT2D eigenvalue weighted by Gasteiger charge is -2.25. The second-order valence-corrected chi connectivity index (χ2v) is 7.13. The molecule has 0 unspecified atom stereocenters. The molecule has 0 radical (unpaired) electrons. The van der Waals surface area contributed by atoms with Crippen molar-refractivity contribution in [3.8, 4) is 0 Å². The Morgan fingerprint density at radius 1 is 1.04 bits per heavy atom. The summed E-state index contributed by atoms with van der Waals surface area (Å²) in [4.78, 5) is 33.5. The van der Waals surface area contributed by atoms with Crippen LogP contribution in [0.3, 0.4) is 0 Å². The zero-order valence-electron chi connectivity index (χ0n) is 14.5. The average molecular weight is 365 g/mol. The van der Waals surface area contributed by atoms with Crippen molar-refractivity contribution in [2.75, 3.05) is 4.90 Å². The minimum Gasteiger partial charge on any atom is -0.301 e. The number of thioether (sulfide) groups is 1. The molecular weight excluding hydrogens is 346 g/mol. The maximum atomic E-state index is 13.2. The highest BCUT2D eigenvalue weighted by Crippen LogP contribution is 2.29. The van der Waals surface area contributed by atoms with Gasteiger partial charge in [-0.25, -0.2) is 4.98 Å². The molecule has 6 heteroatoms. The molecule has 1 heterocycles. The van der Waals surface area contributed by atoms with Gasteiger partial charge in [-0.05, 0) is 38.1 Å². The first-order chi connectivity index (χ1) is 12.5. The number of aromatic nitrogens is 2. The van der Waals surface area contributed by atoms with Crippen LogP contribution in [0.4, 0.5) is 11.4 Å². The van der Waals surface area contributed by atoms with E-state index in [0.29, 0.717) is 10.9 Å². The number of H-pyrrole nitrogens is 1. The van der Waals surface area contributed by atoms with E-state index in [0.717, 1.165) is 11.4 Å². The van der Waals surface area contributed by atoms with E-state index < -0.39 is 5.25 Å². The molecule has 0 aliphatic heterocycles. The number of benzene rings is 2. The van der Waals surface area contributed by atoms with E-state index in [2.05, 4.69) is 9.97 Å². The van der Waals surface area contributed by atoms with Gasteiger partial charge in [0.05, 0.1) is 5.25 Å². The van der Waals surface area contributed by atoms with Crippen LogP contribution in [0, 0.1) is 6.92 Å². The third-order valence-corrected chi connectivity index (χ3v) is 4.71. The van der Waals surface area contributed by atoms with E-state index in [4.69, 9.17) is 0 Å². The molecule has 1 N–H and O–H groups in total. The van der Waals surface area contributed by atoms with Crippen molar-refractivity contribution in [3.05, 3.63) is 82.8 Å². The lowest BCUT2D eigenvalue weighted by molar-refractivity contribution is -0.117. The molecule has 0 saturated carbocycles. The molecule has 2 aromatic carbocycles. The second-order valence-electron chi connectivity index (χ2n) is 5.80. The molecule has 0 saturated heterocycles. The van der Waals surface area contributed by atoms with E-state index in [-0.39, 0.29) is 11.5 Å². The zero-order chi connectivity index (χ0) is 18.5. The van der Waals surface area contributed by atoms with Crippen molar-refractivity contribution in [1.82, 2.24) is 9.97 Å². The number of aromatic amines is 1. The van der Waals surface area contributed by atoms with Crippen molar-refractivity contribution in [2.24, 2.45) is 0 Å². The number of carbonyl (C=O) groups excluding carboxylic acids is 1. The maximum Gasteiger partial charge on any atom is 0.251 e. The molecule has 3 rings (SSSR count). The lowest BCUT2D eigenvalue weighted by Crippen LogP contribution is -2.33. The molecular formula is C20H19N3O2S. The van der Waals surface area contributed by atoms with Gasteiger partial charge in [-0.2, -0.15) is 0 Å². The van der Waals surface area contributed by atoms with Crippen molar-refractivity contribution in [1.29, 1.82) is 0 Å². The van der Waals surface area contributed by atoms with E-state index >= 15 is 0 Å². The van der Waals surface area contributed by atoms with Gasteiger partial charge in [-0.1, -0.05) is 48.2 Å². The van der Waals surface area contributed by atoms with Crippen LogP contribution in [0.5, 0.6) is 0 Å². The van der Waals surface area contributed by atoms with Crippen LogP contribution in [0.1, 0.15) is 12.6 Å². The monoisotopic (exact) mass is 365 g/mol. The fourth-order valence-corrected chi connectivity index (χ4v) is 3.46. The molecule has 0 fully saturated rings. The topological polar surface area (TPSA) is 66.1 Å². The molecule has 0 spiro atoms. The van der Waals surface area contributed by atoms with E-state index in [1.54, 1.807) is 11.8 Å². The molecule has 5 nitrogen and oxygen atoms in total. The Morgan fingerprint density at radius 3 is 2.08 bits per heavy atom. The van der Waals surface area contributed by atoms with Gasteiger partial charge in [-0.15, -0.1) is 0 Å². The number of carbonyl (C=O) groups is 1. The molecule has 1 amide bonds. The van der Waals surface area contributed by atoms with Crippen LogP contribution in [0.15, 0.2) is 76.7 Å². The lowest BCUT2D eigenvalue weighted by atomic mass is 10.2. The van der Waals surface area contributed by atoms with Gasteiger partial charge in [0.1, 0.15) is 0 Å². The summed E-state index contributed by atoms with van der Waals surface area (Å²) in [5.74, 6) is -0.0865. The fourth-order valence-electron chi connectivity index (χ4n) is 2.56. The smallest absolute Gasteiger partial charge is 0.251 e. The highest BCUT2D eigenvalue weighted by molar-refractivity contribution is 8.00. The normalized spacial score (nSPS) is 11.8. The Morgan fingerprint density at radius 2 is 1.58 bits per heavy atom. The van der Waals surface area contributed by atoms with Crippen LogP contribution >= 0.6 is 11.8 Å². The summed E-state index contributed by atoms with van der Waals surface area (Å²) in [6.45, 7) is 3.57. The van der Waals surface area contributed by atoms with Gasteiger partial charge in [0.2, 0.25) is 5.91 Å². The van der Waals surface area contributed by atoms with Crippen molar-refractivity contribution in [3.63, 3.8) is 0 Å². The predicted octanol–water partition coefficient (Wildman–Crippen LogP) is 3.92. The van der Waals surface area contributed by atoms with Gasteiger partial charge in [0.25, 0.3) is 5.56 Å². The predicted molar refractivity (Wildman–Crippen MR) is 105 cm³/mol. The Labute approximate surface area is 156 Å². The van der Waals surface area contributed by atoms with Crippen LogP contribution in [-0.4, -0.2) is 21.1 Å². The largest absolute Gasteiger partial charge is 0.301 e. The summed E-state index contributed by atoms with van der Waals surface area (Å²) in [6.07, 6.45) is 0. The molecule has 1 aromatic heterocycles. The van der Waals surface area contributed by atoms with Crippen LogP contribution in [-0.2, 0) is 4.79 Å². The van der Waals surface area contributed by atoms with Crippen LogP contribution in [0.2, 0.25) is 0 Å². The zero-order valence-corrected chi connectivity index (χ0v) is 15.4. The Balaban J connectivity index is 1.91. The number of hydrogen-bond acceptors (Lipinski definition) is 4. The summed E-state index contributed by atoms with van der Waals surface area (Å²) in [5, 5.41) is 0.0114. The first-order valence-corrected chi connectivity index (χ1v) is 9.11. The molecule has 1 atom stereocenters.